The van der Waals surface area contributed by atoms with E-state index in [-0.39, 0.29) is 11.3 Å². The number of benzene rings is 2. The first-order valence-corrected chi connectivity index (χ1v) is 8.46. The third-order valence-electron chi connectivity index (χ3n) is 4.54. The lowest BCUT2D eigenvalue weighted by Gasteiger charge is -2.07. The zero-order chi connectivity index (χ0) is 20.7. The van der Waals surface area contributed by atoms with Gasteiger partial charge in [0.15, 0.2) is 0 Å². The van der Waals surface area contributed by atoms with Crippen molar-refractivity contribution in [2.75, 3.05) is 0 Å². The molecule has 0 aliphatic rings. The van der Waals surface area contributed by atoms with Crippen LogP contribution in [0, 0.1) is 11.6 Å². The molecule has 8 heteroatoms. The maximum atomic E-state index is 14.6. The van der Waals surface area contributed by atoms with Crippen molar-refractivity contribution in [3.05, 3.63) is 83.2 Å². The number of primary amides is 1. The summed E-state index contributed by atoms with van der Waals surface area (Å²) in [6.45, 7) is 0. The number of aromatic hydroxyl groups is 1. The van der Waals surface area contributed by atoms with E-state index < -0.39 is 34.5 Å². The summed E-state index contributed by atoms with van der Waals surface area (Å²) < 4.78 is 28.9. The number of H-pyrrole nitrogens is 1. The minimum absolute atomic E-state index is 0.0195. The number of carbonyl (C=O) groups is 2. The number of phenols is 1. The molecule has 0 radical (unpaired) electrons. The fraction of sp³-hybridized carbons (Fsp3) is 0. The monoisotopic (exact) mass is 393 g/mol. The Hall–Kier alpha value is -4.07. The number of rotatable bonds is 4. The second-order valence-electron chi connectivity index (χ2n) is 6.35. The summed E-state index contributed by atoms with van der Waals surface area (Å²) in [6.07, 6.45) is 2.83. The first-order valence-electron chi connectivity index (χ1n) is 8.46. The Balaban J connectivity index is 1.87. The predicted octanol–water partition coefficient (Wildman–Crippen LogP) is 3.54. The van der Waals surface area contributed by atoms with Crippen molar-refractivity contribution < 1.29 is 23.5 Å². The zero-order valence-corrected chi connectivity index (χ0v) is 14.7. The Bertz CT molecular complexity index is 1300. The molecular weight excluding hydrogens is 380 g/mol. The smallest absolute Gasteiger partial charge is 0.251 e. The second-order valence-corrected chi connectivity index (χ2v) is 6.35. The minimum atomic E-state index is -1.31. The van der Waals surface area contributed by atoms with Crippen LogP contribution in [0.1, 0.15) is 26.3 Å². The number of pyridine rings is 1. The first kappa shape index (κ1) is 18.3. The van der Waals surface area contributed by atoms with Gasteiger partial charge in [-0.2, -0.15) is 0 Å². The van der Waals surface area contributed by atoms with Crippen molar-refractivity contribution in [3.8, 4) is 16.9 Å². The molecule has 29 heavy (non-hydrogen) atoms. The highest BCUT2D eigenvalue weighted by Gasteiger charge is 2.25. The number of nitrogens with one attached hydrogen (secondary N) is 1. The molecule has 4 N–H and O–H groups in total. The van der Waals surface area contributed by atoms with Crippen LogP contribution in [0.2, 0.25) is 0 Å². The first-order chi connectivity index (χ1) is 13.9. The summed E-state index contributed by atoms with van der Waals surface area (Å²) in [7, 11) is 0. The Kier molecular flexibility index (Phi) is 4.31. The molecule has 0 aliphatic carbocycles. The van der Waals surface area contributed by atoms with Gasteiger partial charge >= 0.3 is 0 Å². The highest BCUT2D eigenvalue weighted by molar-refractivity contribution is 6.17. The number of phenolic OH excluding ortho intramolecular Hbond substituents is 1. The van der Waals surface area contributed by atoms with Gasteiger partial charge in [0, 0.05) is 28.9 Å². The zero-order valence-electron chi connectivity index (χ0n) is 14.7. The lowest BCUT2D eigenvalue weighted by atomic mass is 9.98. The van der Waals surface area contributed by atoms with Crippen LogP contribution in [0.5, 0.6) is 5.75 Å². The number of carbonyl (C=O) groups excluding carboxylic acids is 2. The van der Waals surface area contributed by atoms with Crippen molar-refractivity contribution in [2.24, 2.45) is 5.73 Å². The van der Waals surface area contributed by atoms with Gasteiger partial charge in [0.25, 0.3) is 5.91 Å². The highest BCUT2D eigenvalue weighted by Crippen LogP contribution is 2.29. The second kappa shape index (κ2) is 6.83. The molecule has 2 heterocycles. The Morgan fingerprint density at radius 1 is 1.03 bits per heavy atom. The number of halogens is 2. The number of nitrogens with two attached hydrogens (primary N) is 1. The Morgan fingerprint density at radius 3 is 2.55 bits per heavy atom. The summed E-state index contributed by atoms with van der Waals surface area (Å²) in [6, 6.07) is 9.76. The van der Waals surface area contributed by atoms with Crippen LogP contribution in [0.15, 0.2) is 54.9 Å². The molecule has 0 aliphatic heterocycles. The van der Waals surface area contributed by atoms with Gasteiger partial charge in [-0.15, -0.1) is 0 Å². The molecule has 0 bridgehead atoms. The van der Waals surface area contributed by atoms with Crippen molar-refractivity contribution in [1.29, 1.82) is 0 Å². The van der Waals surface area contributed by atoms with Gasteiger partial charge in [0.2, 0.25) is 5.78 Å². The summed E-state index contributed by atoms with van der Waals surface area (Å²) in [5, 5.41) is 10.0. The summed E-state index contributed by atoms with van der Waals surface area (Å²) >= 11 is 0. The number of hydrogen-bond donors (Lipinski definition) is 3. The standard InChI is InChI=1S/C21H13F2N3O3/c22-16-5-4-13(20(24)29)18(23)17(16)19(28)15-9-26-21-14(15)7-11(8-25-21)10-2-1-3-12(27)6-10/h1-9,27H,(H2,24,29)(H,25,26). The van der Waals surface area contributed by atoms with Gasteiger partial charge in [-0.1, -0.05) is 12.1 Å². The van der Waals surface area contributed by atoms with Gasteiger partial charge in [0.05, 0.1) is 11.1 Å². The Labute approximate surface area is 162 Å². The minimum Gasteiger partial charge on any atom is -0.508 e. The normalized spacial score (nSPS) is 11.0. The van der Waals surface area contributed by atoms with Crippen LogP contribution in [-0.2, 0) is 0 Å². The van der Waals surface area contributed by atoms with Crippen LogP contribution in [-0.4, -0.2) is 26.8 Å². The average Bonchev–Trinajstić information content (AvgIpc) is 3.10. The van der Waals surface area contributed by atoms with Crippen LogP contribution < -0.4 is 5.73 Å². The third kappa shape index (κ3) is 3.10. The van der Waals surface area contributed by atoms with E-state index in [1.54, 1.807) is 18.2 Å². The Morgan fingerprint density at radius 2 is 1.83 bits per heavy atom. The van der Waals surface area contributed by atoms with Crippen LogP contribution in [0.3, 0.4) is 0 Å². The van der Waals surface area contributed by atoms with E-state index in [4.69, 9.17) is 5.73 Å². The molecule has 4 rings (SSSR count). The lowest BCUT2D eigenvalue weighted by Crippen LogP contribution is -2.17. The molecule has 0 fully saturated rings. The molecule has 0 spiro atoms. The number of amides is 1. The fourth-order valence-corrected chi connectivity index (χ4v) is 3.12. The number of aromatic nitrogens is 2. The van der Waals surface area contributed by atoms with E-state index >= 15 is 0 Å². The van der Waals surface area contributed by atoms with Gasteiger partial charge in [0.1, 0.15) is 23.0 Å². The quantitative estimate of drug-likeness (QED) is 0.461. The summed E-state index contributed by atoms with van der Waals surface area (Å²) in [5.41, 5.74) is 5.20. The van der Waals surface area contributed by atoms with E-state index in [1.165, 1.54) is 24.5 Å². The van der Waals surface area contributed by atoms with E-state index in [0.717, 1.165) is 12.1 Å². The fourth-order valence-electron chi connectivity index (χ4n) is 3.12. The maximum Gasteiger partial charge on any atom is 0.251 e. The number of fused-ring (bicyclic) bond motifs is 1. The van der Waals surface area contributed by atoms with Crippen molar-refractivity contribution in [2.45, 2.75) is 0 Å². The molecule has 0 unspecified atom stereocenters. The average molecular weight is 393 g/mol. The summed E-state index contributed by atoms with van der Waals surface area (Å²) in [5.74, 6) is -4.43. The largest absolute Gasteiger partial charge is 0.508 e. The van der Waals surface area contributed by atoms with Gasteiger partial charge in [-0.3, -0.25) is 9.59 Å². The van der Waals surface area contributed by atoms with E-state index in [9.17, 15) is 23.5 Å². The molecule has 144 valence electrons. The molecule has 4 aromatic rings. The topological polar surface area (TPSA) is 109 Å². The molecular formula is C21H13F2N3O3. The highest BCUT2D eigenvalue weighted by atomic mass is 19.1. The van der Waals surface area contributed by atoms with Crippen LogP contribution >= 0.6 is 0 Å². The van der Waals surface area contributed by atoms with Crippen molar-refractivity contribution in [1.82, 2.24) is 9.97 Å². The molecule has 2 aromatic heterocycles. The number of aromatic amines is 1. The molecule has 6 nitrogen and oxygen atoms in total. The van der Waals surface area contributed by atoms with Crippen molar-refractivity contribution >= 4 is 22.7 Å². The van der Waals surface area contributed by atoms with E-state index in [2.05, 4.69) is 9.97 Å². The van der Waals surface area contributed by atoms with E-state index in [1.807, 2.05) is 0 Å². The molecule has 0 saturated heterocycles. The molecule has 2 aromatic carbocycles. The molecule has 1 amide bonds. The molecule has 0 saturated carbocycles. The van der Waals surface area contributed by atoms with Gasteiger partial charge in [-0.05, 0) is 35.9 Å². The predicted molar refractivity (Wildman–Crippen MR) is 102 cm³/mol. The summed E-state index contributed by atoms with van der Waals surface area (Å²) in [4.78, 5) is 31.3. The number of ketones is 1. The van der Waals surface area contributed by atoms with E-state index in [0.29, 0.717) is 22.2 Å². The maximum absolute atomic E-state index is 14.6. The third-order valence-corrected chi connectivity index (χ3v) is 4.54. The number of hydrogen-bond acceptors (Lipinski definition) is 4. The van der Waals surface area contributed by atoms with Crippen LogP contribution in [0.4, 0.5) is 8.78 Å². The van der Waals surface area contributed by atoms with Crippen molar-refractivity contribution in [3.63, 3.8) is 0 Å². The van der Waals surface area contributed by atoms with Gasteiger partial charge in [-0.25, -0.2) is 13.8 Å². The van der Waals surface area contributed by atoms with Crippen LogP contribution in [0.25, 0.3) is 22.2 Å². The molecule has 0 atom stereocenters. The lowest BCUT2D eigenvalue weighted by molar-refractivity contribution is 0.0996. The number of nitrogens with zero attached hydrogens (tertiary/aromatic N) is 1. The SMILES string of the molecule is NC(=O)c1ccc(F)c(C(=O)c2c[nH]c3ncc(-c4cccc(O)c4)cc23)c1F. The van der Waals surface area contributed by atoms with Gasteiger partial charge < -0.3 is 15.8 Å².